The second kappa shape index (κ2) is 8.72. The molecule has 0 saturated carbocycles. The summed E-state index contributed by atoms with van der Waals surface area (Å²) in [6.45, 7) is 6.77. The Morgan fingerprint density at radius 1 is 1.00 bits per heavy atom. The third-order valence-corrected chi connectivity index (χ3v) is 2.57. The van der Waals surface area contributed by atoms with Crippen LogP contribution in [-0.2, 0) is 4.79 Å². The predicted molar refractivity (Wildman–Crippen MR) is 65.0 cm³/mol. The first kappa shape index (κ1) is 14.4. The third-order valence-electron chi connectivity index (χ3n) is 2.57. The van der Waals surface area contributed by atoms with Gasteiger partial charge in [0.2, 0.25) is 5.91 Å². The van der Waals surface area contributed by atoms with Gasteiger partial charge >= 0.3 is 0 Å². The number of hydrogen-bond acceptors (Lipinski definition) is 2. The molecule has 0 aromatic heterocycles. The van der Waals surface area contributed by atoms with E-state index < -0.39 is 0 Å². The van der Waals surface area contributed by atoms with E-state index in [1.807, 2.05) is 19.0 Å². The van der Waals surface area contributed by atoms with Crippen LogP contribution >= 0.6 is 0 Å². The van der Waals surface area contributed by atoms with Gasteiger partial charge in [0.15, 0.2) is 0 Å². The summed E-state index contributed by atoms with van der Waals surface area (Å²) < 4.78 is 0. The van der Waals surface area contributed by atoms with Crippen LogP contribution in [0, 0.1) is 0 Å². The minimum Gasteiger partial charge on any atom is -0.345 e. The SMILES string of the molecule is CCCCN(C)CC(=O)N(C)CCCC. The number of hydrogen-bond donors (Lipinski definition) is 0. The molecule has 0 aliphatic rings. The molecule has 0 aromatic carbocycles. The molecule has 0 bridgehead atoms. The zero-order valence-corrected chi connectivity index (χ0v) is 10.8. The largest absolute Gasteiger partial charge is 0.345 e. The van der Waals surface area contributed by atoms with Crippen LogP contribution in [-0.4, -0.2) is 49.4 Å². The van der Waals surface area contributed by atoms with Crippen molar-refractivity contribution in [3.8, 4) is 0 Å². The Kier molecular flexibility index (Phi) is 8.38. The number of carbonyl (C=O) groups excluding carboxylic acids is 1. The molecule has 0 saturated heterocycles. The molecule has 3 nitrogen and oxygen atoms in total. The fourth-order valence-corrected chi connectivity index (χ4v) is 1.38. The van der Waals surface area contributed by atoms with Crippen LogP contribution in [0.2, 0.25) is 0 Å². The zero-order valence-electron chi connectivity index (χ0n) is 10.8. The lowest BCUT2D eigenvalue weighted by Crippen LogP contribution is -2.37. The highest BCUT2D eigenvalue weighted by molar-refractivity contribution is 5.77. The molecule has 90 valence electrons. The fraction of sp³-hybridized carbons (Fsp3) is 0.917. The van der Waals surface area contributed by atoms with Crippen LogP contribution in [0.25, 0.3) is 0 Å². The molecule has 0 unspecified atom stereocenters. The van der Waals surface area contributed by atoms with Gasteiger partial charge in [-0.25, -0.2) is 0 Å². The van der Waals surface area contributed by atoms with Crippen LogP contribution in [0.1, 0.15) is 39.5 Å². The van der Waals surface area contributed by atoms with Gasteiger partial charge in [0.05, 0.1) is 6.54 Å². The number of amides is 1. The van der Waals surface area contributed by atoms with Crippen LogP contribution in [0.15, 0.2) is 0 Å². The summed E-state index contributed by atoms with van der Waals surface area (Å²) in [7, 11) is 3.91. The van der Waals surface area contributed by atoms with Crippen molar-refractivity contribution in [3.63, 3.8) is 0 Å². The van der Waals surface area contributed by atoms with Gasteiger partial charge in [-0.05, 0) is 26.4 Å². The quantitative estimate of drug-likeness (QED) is 0.617. The minimum absolute atomic E-state index is 0.238. The predicted octanol–water partition coefficient (Wildman–Crippen LogP) is 1.98. The van der Waals surface area contributed by atoms with Gasteiger partial charge in [0, 0.05) is 13.6 Å². The van der Waals surface area contributed by atoms with E-state index in [0.29, 0.717) is 6.54 Å². The Labute approximate surface area is 94.4 Å². The average molecular weight is 214 g/mol. The molecule has 0 aliphatic heterocycles. The van der Waals surface area contributed by atoms with Crippen LogP contribution in [0.4, 0.5) is 0 Å². The van der Waals surface area contributed by atoms with Gasteiger partial charge in [-0.2, -0.15) is 0 Å². The van der Waals surface area contributed by atoms with Crippen LogP contribution < -0.4 is 0 Å². The normalized spacial score (nSPS) is 10.7. The highest BCUT2D eigenvalue weighted by Crippen LogP contribution is 1.96. The Balaban J connectivity index is 3.70. The summed E-state index contributed by atoms with van der Waals surface area (Å²) in [6.07, 6.45) is 4.59. The maximum absolute atomic E-state index is 11.7. The maximum atomic E-state index is 11.7. The number of unbranched alkanes of at least 4 members (excludes halogenated alkanes) is 2. The average Bonchev–Trinajstić information content (AvgIpc) is 2.22. The molecular formula is C12H26N2O. The summed E-state index contributed by atoms with van der Waals surface area (Å²) in [5, 5.41) is 0. The Morgan fingerprint density at radius 2 is 1.53 bits per heavy atom. The number of likely N-dealkylation sites (N-methyl/N-ethyl adjacent to an activating group) is 2. The zero-order chi connectivity index (χ0) is 11.7. The molecule has 15 heavy (non-hydrogen) atoms. The molecule has 0 fully saturated rings. The first-order chi connectivity index (χ1) is 7.11. The smallest absolute Gasteiger partial charge is 0.236 e. The third kappa shape index (κ3) is 7.37. The summed E-state index contributed by atoms with van der Waals surface area (Å²) >= 11 is 0. The molecule has 0 radical (unpaired) electrons. The van der Waals surface area contributed by atoms with Crippen molar-refractivity contribution in [1.29, 1.82) is 0 Å². The number of carbonyl (C=O) groups is 1. The number of rotatable bonds is 8. The monoisotopic (exact) mass is 214 g/mol. The molecule has 3 heteroatoms. The lowest BCUT2D eigenvalue weighted by Gasteiger charge is -2.21. The van der Waals surface area contributed by atoms with Crippen molar-refractivity contribution in [1.82, 2.24) is 9.80 Å². The topological polar surface area (TPSA) is 23.6 Å². The maximum Gasteiger partial charge on any atom is 0.236 e. The first-order valence-electron chi connectivity index (χ1n) is 6.04. The van der Waals surface area contributed by atoms with E-state index in [1.54, 1.807) is 0 Å². The van der Waals surface area contributed by atoms with Gasteiger partial charge in [0.25, 0.3) is 0 Å². The lowest BCUT2D eigenvalue weighted by atomic mass is 10.3. The van der Waals surface area contributed by atoms with Crippen molar-refractivity contribution in [2.75, 3.05) is 33.7 Å². The summed E-state index contributed by atoms with van der Waals surface area (Å²) in [5.41, 5.74) is 0. The van der Waals surface area contributed by atoms with Crippen LogP contribution in [0.5, 0.6) is 0 Å². The van der Waals surface area contributed by atoms with Gasteiger partial charge in [-0.15, -0.1) is 0 Å². The molecule has 0 atom stereocenters. The highest BCUT2D eigenvalue weighted by Gasteiger charge is 2.10. The van der Waals surface area contributed by atoms with Gasteiger partial charge in [0.1, 0.15) is 0 Å². The molecule has 0 aliphatic carbocycles. The molecule has 0 spiro atoms. The van der Waals surface area contributed by atoms with Gasteiger partial charge < -0.3 is 4.90 Å². The van der Waals surface area contributed by atoms with Gasteiger partial charge in [-0.1, -0.05) is 26.7 Å². The Bertz CT molecular complexity index is 171. The van der Waals surface area contributed by atoms with Crippen LogP contribution in [0.3, 0.4) is 0 Å². The molecule has 0 heterocycles. The van der Waals surface area contributed by atoms with Crippen molar-refractivity contribution in [2.45, 2.75) is 39.5 Å². The molecule has 1 amide bonds. The number of nitrogens with zero attached hydrogens (tertiary/aromatic N) is 2. The first-order valence-corrected chi connectivity index (χ1v) is 6.04. The van der Waals surface area contributed by atoms with Gasteiger partial charge in [-0.3, -0.25) is 9.69 Å². The van der Waals surface area contributed by atoms with E-state index in [-0.39, 0.29) is 5.91 Å². The molecule has 0 N–H and O–H groups in total. The molecule has 0 rings (SSSR count). The van der Waals surface area contributed by atoms with Crippen molar-refractivity contribution in [3.05, 3.63) is 0 Å². The lowest BCUT2D eigenvalue weighted by molar-refractivity contribution is -0.130. The molecular weight excluding hydrogens is 188 g/mol. The second-order valence-electron chi connectivity index (χ2n) is 4.26. The van der Waals surface area contributed by atoms with Crippen molar-refractivity contribution >= 4 is 5.91 Å². The van der Waals surface area contributed by atoms with Crippen molar-refractivity contribution < 1.29 is 4.79 Å². The summed E-state index contributed by atoms with van der Waals surface area (Å²) in [6, 6.07) is 0. The van der Waals surface area contributed by atoms with E-state index in [9.17, 15) is 4.79 Å². The molecule has 0 aromatic rings. The van der Waals surface area contributed by atoms with E-state index in [0.717, 1.165) is 25.9 Å². The standard InChI is InChI=1S/C12H26N2O/c1-5-7-9-13(3)11-12(15)14(4)10-8-6-2/h5-11H2,1-4H3. The van der Waals surface area contributed by atoms with E-state index >= 15 is 0 Å². The fourth-order valence-electron chi connectivity index (χ4n) is 1.38. The summed E-state index contributed by atoms with van der Waals surface area (Å²) in [5.74, 6) is 0.238. The van der Waals surface area contributed by atoms with Crippen molar-refractivity contribution in [2.24, 2.45) is 0 Å². The van der Waals surface area contributed by atoms with E-state index in [4.69, 9.17) is 0 Å². The Hall–Kier alpha value is -0.570. The second-order valence-corrected chi connectivity index (χ2v) is 4.26. The summed E-state index contributed by atoms with van der Waals surface area (Å²) in [4.78, 5) is 15.7. The Morgan fingerprint density at radius 3 is 2.07 bits per heavy atom. The minimum atomic E-state index is 0.238. The van der Waals surface area contributed by atoms with E-state index in [2.05, 4.69) is 18.7 Å². The van der Waals surface area contributed by atoms with E-state index in [1.165, 1.54) is 12.8 Å². The highest BCUT2D eigenvalue weighted by atomic mass is 16.2.